The molecular formula is C20H29N2+. The number of para-hydroxylation sites is 1. The molecule has 22 heavy (non-hydrogen) atoms. The lowest BCUT2D eigenvalue weighted by molar-refractivity contribution is -0.969. The van der Waals surface area contributed by atoms with Crippen LogP contribution in [0.4, 0.5) is 0 Å². The molecule has 2 N–H and O–H groups in total. The van der Waals surface area contributed by atoms with Gasteiger partial charge >= 0.3 is 0 Å². The quantitative estimate of drug-likeness (QED) is 0.847. The molecule has 3 heterocycles. The van der Waals surface area contributed by atoms with Crippen LogP contribution in [-0.4, -0.2) is 18.1 Å². The third-order valence-corrected chi connectivity index (χ3v) is 6.46. The van der Waals surface area contributed by atoms with Crippen molar-refractivity contribution in [3.63, 3.8) is 0 Å². The van der Waals surface area contributed by atoms with Gasteiger partial charge in [-0.15, -0.1) is 0 Å². The Labute approximate surface area is 133 Å². The number of rotatable bonds is 2. The van der Waals surface area contributed by atoms with Crippen molar-refractivity contribution in [2.24, 2.45) is 5.92 Å². The number of piperidine rings is 1. The molecule has 3 atom stereocenters. The van der Waals surface area contributed by atoms with Crippen molar-refractivity contribution in [2.75, 3.05) is 13.1 Å². The monoisotopic (exact) mass is 297 g/mol. The molecule has 1 saturated heterocycles. The van der Waals surface area contributed by atoms with Crippen LogP contribution in [-0.2, 0) is 12.0 Å². The Bertz CT molecular complexity index is 669. The molecule has 0 spiro atoms. The van der Waals surface area contributed by atoms with Gasteiger partial charge in [-0.05, 0) is 44.2 Å². The minimum atomic E-state index is 0.291. The highest BCUT2D eigenvalue weighted by atomic mass is 15.2. The molecule has 1 fully saturated rings. The first kappa shape index (κ1) is 14.3. The normalized spacial score (nSPS) is 31.5. The van der Waals surface area contributed by atoms with E-state index in [4.69, 9.17) is 0 Å². The maximum atomic E-state index is 3.86. The second kappa shape index (κ2) is 5.42. The molecule has 0 aliphatic carbocycles. The fourth-order valence-corrected chi connectivity index (χ4v) is 5.33. The fourth-order valence-electron chi connectivity index (χ4n) is 5.33. The largest absolute Gasteiger partial charge is 0.353 e. The highest BCUT2D eigenvalue weighted by molar-refractivity contribution is 5.85. The molecule has 0 amide bonds. The minimum Gasteiger partial charge on any atom is -0.353 e. The summed E-state index contributed by atoms with van der Waals surface area (Å²) in [5.41, 5.74) is 4.82. The highest BCUT2D eigenvalue weighted by Gasteiger charge is 2.50. The lowest BCUT2D eigenvalue weighted by atomic mass is 9.72. The topological polar surface area (TPSA) is 20.2 Å². The van der Waals surface area contributed by atoms with Gasteiger partial charge in [0, 0.05) is 23.2 Å². The van der Waals surface area contributed by atoms with E-state index < -0.39 is 0 Å². The molecule has 1 aromatic heterocycles. The molecule has 0 saturated carbocycles. The van der Waals surface area contributed by atoms with Gasteiger partial charge in [-0.3, -0.25) is 0 Å². The van der Waals surface area contributed by atoms with Gasteiger partial charge in [-0.25, -0.2) is 0 Å². The Morgan fingerprint density at radius 2 is 2.05 bits per heavy atom. The summed E-state index contributed by atoms with van der Waals surface area (Å²) < 4.78 is 0. The Hall–Kier alpha value is -1.28. The van der Waals surface area contributed by atoms with Crippen LogP contribution in [0.15, 0.2) is 24.3 Å². The molecule has 0 bridgehead atoms. The summed E-state index contributed by atoms with van der Waals surface area (Å²) in [6, 6.07) is 8.93. The number of nitrogens with one attached hydrogen (secondary N) is 2. The zero-order valence-corrected chi connectivity index (χ0v) is 14.0. The van der Waals surface area contributed by atoms with Crippen molar-refractivity contribution in [1.29, 1.82) is 0 Å². The van der Waals surface area contributed by atoms with Crippen LogP contribution in [0.3, 0.4) is 0 Å². The van der Waals surface area contributed by atoms with Gasteiger partial charge in [-0.2, -0.15) is 0 Å². The van der Waals surface area contributed by atoms with E-state index in [1.165, 1.54) is 62.5 Å². The average Bonchev–Trinajstić information content (AvgIpc) is 2.84. The molecule has 1 aromatic carbocycles. The molecule has 2 aliphatic heterocycles. The van der Waals surface area contributed by atoms with E-state index >= 15 is 0 Å². The van der Waals surface area contributed by atoms with Gasteiger partial charge in [0.05, 0.1) is 18.8 Å². The van der Waals surface area contributed by atoms with Crippen LogP contribution < -0.4 is 4.90 Å². The number of hydrogen-bond donors (Lipinski definition) is 2. The van der Waals surface area contributed by atoms with Gasteiger partial charge in [0.25, 0.3) is 0 Å². The number of benzene rings is 1. The summed E-state index contributed by atoms with van der Waals surface area (Å²) in [6.45, 7) is 7.60. The predicted molar refractivity (Wildman–Crippen MR) is 92.3 cm³/mol. The van der Waals surface area contributed by atoms with Crippen LogP contribution in [0.25, 0.3) is 10.9 Å². The number of fused-ring (bicyclic) bond motifs is 5. The average molecular weight is 297 g/mol. The SMILES string of the molecule is CCC[C@@H]1CCC[NH+]2CCCc3c([nH]c4ccccc34)[C@@]12C. The zero-order chi connectivity index (χ0) is 15.2. The summed E-state index contributed by atoms with van der Waals surface area (Å²) in [4.78, 5) is 5.70. The van der Waals surface area contributed by atoms with Crippen molar-refractivity contribution in [3.8, 4) is 0 Å². The molecule has 4 rings (SSSR count). The highest BCUT2D eigenvalue weighted by Crippen LogP contribution is 2.40. The van der Waals surface area contributed by atoms with Crippen molar-refractivity contribution in [3.05, 3.63) is 35.5 Å². The number of aryl methyl sites for hydroxylation is 1. The van der Waals surface area contributed by atoms with E-state index in [1.54, 1.807) is 11.3 Å². The van der Waals surface area contributed by atoms with Gasteiger partial charge < -0.3 is 9.88 Å². The van der Waals surface area contributed by atoms with Crippen LogP contribution in [0.5, 0.6) is 0 Å². The Morgan fingerprint density at radius 1 is 1.23 bits per heavy atom. The summed E-state index contributed by atoms with van der Waals surface area (Å²) in [6.07, 6.45) is 8.07. The van der Waals surface area contributed by atoms with E-state index in [0.29, 0.717) is 5.54 Å². The first-order valence-corrected chi connectivity index (χ1v) is 9.20. The smallest absolute Gasteiger partial charge is 0.138 e. The third kappa shape index (κ3) is 1.96. The van der Waals surface area contributed by atoms with E-state index in [9.17, 15) is 0 Å². The van der Waals surface area contributed by atoms with Gasteiger partial charge in [0.1, 0.15) is 5.54 Å². The van der Waals surface area contributed by atoms with E-state index in [0.717, 1.165) is 5.92 Å². The number of aromatic nitrogens is 1. The number of H-pyrrole nitrogens is 1. The third-order valence-electron chi connectivity index (χ3n) is 6.46. The Kier molecular flexibility index (Phi) is 3.53. The first-order chi connectivity index (χ1) is 10.7. The van der Waals surface area contributed by atoms with Gasteiger partial charge in [-0.1, -0.05) is 31.5 Å². The van der Waals surface area contributed by atoms with Crippen LogP contribution in [0, 0.1) is 5.92 Å². The first-order valence-electron chi connectivity index (χ1n) is 9.20. The summed E-state index contributed by atoms with van der Waals surface area (Å²) in [5, 5.41) is 1.47. The maximum Gasteiger partial charge on any atom is 0.138 e. The molecule has 2 aliphatic rings. The van der Waals surface area contributed by atoms with Gasteiger partial charge in [0.2, 0.25) is 0 Å². The Morgan fingerprint density at radius 3 is 2.91 bits per heavy atom. The van der Waals surface area contributed by atoms with Crippen molar-refractivity contribution < 1.29 is 4.90 Å². The molecule has 0 radical (unpaired) electrons. The van der Waals surface area contributed by atoms with Crippen LogP contribution in [0.1, 0.15) is 57.2 Å². The number of quaternary nitrogens is 1. The second-order valence-electron chi connectivity index (χ2n) is 7.56. The predicted octanol–water partition coefficient (Wildman–Crippen LogP) is 3.42. The fraction of sp³-hybridized carbons (Fsp3) is 0.600. The minimum absolute atomic E-state index is 0.291. The zero-order valence-electron chi connectivity index (χ0n) is 14.0. The standard InChI is InChI=1S/C20H28N2/c1-3-8-15-9-6-13-22-14-7-11-17-16-10-4-5-12-18(16)21-19(17)20(15,22)2/h4-5,10,12,15,21H,3,6-9,11,13-14H2,1-2H3/p+1/t15-,20-/m1/s1. The van der Waals surface area contributed by atoms with E-state index in [-0.39, 0.29) is 0 Å². The second-order valence-corrected chi connectivity index (χ2v) is 7.56. The molecule has 2 heteroatoms. The summed E-state index contributed by atoms with van der Waals surface area (Å²) in [5.74, 6) is 0.825. The summed E-state index contributed by atoms with van der Waals surface area (Å²) >= 11 is 0. The van der Waals surface area contributed by atoms with Crippen molar-refractivity contribution in [1.82, 2.24) is 4.98 Å². The molecule has 2 nitrogen and oxygen atoms in total. The lowest BCUT2D eigenvalue weighted by Gasteiger charge is -2.46. The molecule has 2 aromatic rings. The lowest BCUT2D eigenvalue weighted by Crippen LogP contribution is -3.20. The number of hydrogen-bond acceptors (Lipinski definition) is 0. The van der Waals surface area contributed by atoms with E-state index in [1.807, 2.05) is 4.90 Å². The van der Waals surface area contributed by atoms with Gasteiger partial charge in [0.15, 0.2) is 0 Å². The van der Waals surface area contributed by atoms with Crippen LogP contribution >= 0.6 is 0 Å². The molecule has 118 valence electrons. The summed E-state index contributed by atoms with van der Waals surface area (Å²) in [7, 11) is 0. The van der Waals surface area contributed by atoms with Crippen LogP contribution in [0.2, 0.25) is 0 Å². The van der Waals surface area contributed by atoms with E-state index in [2.05, 4.69) is 43.1 Å². The molecule has 1 unspecified atom stereocenters. The van der Waals surface area contributed by atoms with Crippen molar-refractivity contribution >= 4 is 10.9 Å². The maximum absolute atomic E-state index is 3.86. The van der Waals surface area contributed by atoms with Crippen molar-refractivity contribution in [2.45, 2.75) is 57.9 Å². The molecular weight excluding hydrogens is 268 g/mol. The number of aromatic amines is 1. The Balaban J connectivity index is 1.91.